The molecule has 5 rings (SSSR count). The molecule has 2 aromatic carbocycles. The summed E-state index contributed by atoms with van der Waals surface area (Å²) in [5, 5.41) is 13.5. The molecule has 35 heavy (non-hydrogen) atoms. The fourth-order valence-corrected chi connectivity index (χ4v) is 5.49. The van der Waals surface area contributed by atoms with E-state index in [0.29, 0.717) is 18.4 Å². The Kier molecular flexibility index (Phi) is 7.13. The third kappa shape index (κ3) is 5.55. The van der Waals surface area contributed by atoms with Gasteiger partial charge < -0.3 is 24.8 Å². The highest BCUT2D eigenvalue weighted by Crippen LogP contribution is 2.29. The van der Waals surface area contributed by atoms with Crippen molar-refractivity contribution in [2.75, 3.05) is 19.8 Å². The highest BCUT2D eigenvalue weighted by atomic mass is 19.1. The Morgan fingerprint density at radius 2 is 1.74 bits per heavy atom. The molecule has 2 amide bonds. The lowest BCUT2D eigenvalue weighted by atomic mass is 9.94. The second-order valence-corrected chi connectivity index (χ2v) is 9.74. The minimum absolute atomic E-state index is 0.0346. The van der Waals surface area contributed by atoms with Crippen molar-refractivity contribution in [3.8, 4) is 0 Å². The van der Waals surface area contributed by atoms with Gasteiger partial charge in [-0.1, -0.05) is 24.3 Å². The summed E-state index contributed by atoms with van der Waals surface area (Å²) >= 11 is 0. The molecule has 8 heteroatoms. The van der Waals surface area contributed by atoms with Gasteiger partial charge in [-0.25, -0.2) is 4.39 Å². The Bertz CT molecular complexity index is 1040. The van der Waals surface area contributed by atoms with Crippen molar-refractivity contribution < 1.29 is 28.6 Å². The molecule has 2 N–H and O–H groups in total. The van der Waals surface area contributed by atoms with Gasteiger partial charge in [-0.05, 0) is 61.1 Å². The zero-order chi connectivity index (χ0) is 24.4. The van der Waals surface area contributed by atoms with Crippen LogP contribution in [0.4, 0.5) is 4.39 Å². The molecule has 4 atom stereocenters. The summed E-state index contributed by atoms with van der Waals surface area (Å²) in [4.78, 5) is 27.7. The number of rotatable bonds is 4. The minimum atomic E-state index is -0.820. The summed E-state index contributed by atoms with van der Waals surface area (Å²) < 4.78 is 25.3. The van der Waals surface area contributed by atoms with Crippen molar-refractivity contribution in [1.82, 2.24) is 10.2 Å². The van der Waals surface area contributed by atoms with Gasteiger partial charge in [0.15, 0.2) is 0 Å². The Morgan fingerprint density at radius 1 is 1.03 bits per heavy atom. The molecule has 0 spiro atoms. The number of benzene rings is 2. The Labute approximate surface area is 204 Å². The van der Waals surface area contributed by atoms with Crippen LogP contribution >= 0.6 is 0 Å². The van der Waals surface area contributed by atoms with Crippen LogP contribution in [0.15, 0.2) is 48.5 Å². The van der Waals surface area contributed by atoms with Gasteiger partial charge in [-0.3, -0.25) is 9.59 Å². The van der Waals surface area contributed by atoms with E-state index in [1.54, 1.807) is 4.90 Å². The van der Waals surface area contributed by atoms with Crippen LogP contribution in [0, 0.1) is 5.82 Å². The van der Waals surface area contributed by atoms with Gasteiger partial charge in [0.1, 0.15) is 11.9 Å². The molecule has 0 radical (unpaired) electrons. The molecule has 2 heterocycles. The van der Waals surface area contributed by atoms with Crippen LogP contribution in [0.25, 0.3) is 0 Å². The maximum Gasteiger partial charge on any atom is 0.254 e. The second kappa shape index (κ2) is 10.4. The van der Waals surface area contributed by atoms with Gasteiger partial charge >= 0.3 is 0 Å². The predicted octanol–water partition coefficient (Wildman–Crippen LogP) is 2.25. The van der Waals surface area contributed by atoms with Crippen molar-refractivity contribution >= 4 is 11.8 Å². The van der Waals surface area contributed by atoms with Crippen LogP contribution in [-0.2, 0) is 27.1 Å². The average molecular weight is 483 g/mol. The fraction of sp³-hybridized carbons (Fsp3) is 0.481. The summed E-state index contributed by atoms with van der Waals surface area (Å²) in [5.41, 5.74) is 2.93. The molecular formula is C27H31FN2O5. The van der Waals surface area contributed by atoms with E-state index in [-0.39, 0.29) is 56.2 Å². The highest BCUT2D eigenvalue weighted by molar-refractivity contribution is 5.94. The van der Waals surface area contributed by atoms with Gasteiger partial charge in [-0.15, -0.1) is 0 Å². The van der Waals surface area contributed by atoms with Gasteiger partial charge in [0, 0.05) is 18.2 Å². The topological polar surface area (TPSA) is 88.1 Å². The SMILES string of the molecule is O=C(C[C@H]1CC[C@H]2[C@@H](COC[C@@H](O)CN2C(=O)c2ccc(F)cc2)O1)NC1Cc2ccccc2C1. The van der Waals surface area contributed by atoms with Crippen molar-refractivity contribution in [2.24, 2.45) is 0 Å². The maximum atomic E-state index is 13.4. The molecule has 2 aromatic rings. The maximum absolute atomic E-state index is 13.4. The van der Waals surface area contributed by atoms with Crippen LogP contribution in [0.5, 0.6) is 0 Å². The minimum Gasteiger partial charge on any atom is -0.389 e. The molecule has 1 aliphatic carbocycles. The number of ether oxygens (including phenoxy) is 2. The number of aliphatic hydroxyl groups is 1. The highest BCUT2D eigenvalue weighted by Gasteiger charge is 2.40. The third-order valence-electron chi connectivity index (χ3n) is 7.16. The van der Waals surface area contributed by atoms with Crippen molar-refractivity contribution in [2.45, 2.75) is 62.5 Å². The largest absolute Gasteiger partial charge is 0.389 e. The normalized spacial score (nSPS) is 26.9. The molecular weight excluding hydrogens is 451 g/mol. The van der Waals surface area contributed by atoms with Crippen LogP contribution in [0.3, 0.4) is 0 Å². The van der Waals surface area contributed by atoms with Gasteiger partial charge in [0.25, 0.3) is 5.91 Å². The van der Waals surface area contributed by atoms with Crippen molar-refractivity contribution in [1.29, 1.82) is 0 Å². The van der Waals surface area contributed by atoms with E-state index in [0.717, 1.165) is 12.8 Å². The zero-order valence-corrected chi connectivity index (χ0v) is 19.6. The number of nitrogens with zero attached hydrogens (tertiary/aromatic N) is 1. The zero-order valence-electron chi connectivity index (χ0n) is 19.6. The number of β-amino-alcohol motifs (C(OH)–C–C–N with tert-alkyl or cyclic N) is 1. The number of aliphatic hydroxyl groups excluding tert-OH is 1. The average Bonchev–Trinajstić information content (AvgIpc) is 3.24. The number of fused-ring (bicyclic) bond motifs is 2. The fourth-order valence-electron chi connectivity index (χ4n) is 5.49. The van der Waals surface area contributed by atoms with E-state index in [4.69, 9.17) is 9.47 Å². The molecule has 0 saturated carbocycles. The number of hydrogen-bond donors (Lipinski definition) is 2. The smallest absolute Gasteiger partial charge is 0.254 e. The van der Waals surface area contributed by atoms with E-state index in [1.165, 1.54) is 35.4 Å². The summed E-state index contributed by atoms with van der Waals surface area (Å²) in [6.45, 7) is 0.423. The summed E-state index contributed by atoms with van der Waals surface area (Å²) in [6.07, 6.45) is 1.68. The third-order valence-corrected chi connectivity index (χ3v) is 7.16. The molecule has 0 bridgehead atoms. The van der Waals surface area contributed by atoms with Crippen LogP contribution in [0.2, 0.25) is 0 Å². The van der Waals surface area contributed by atoms with Crippen LogP contribution in [0.1, 0.15) is 40.7 Å². The quantitative estimate of drug-likeness (QED) is 0.698. The van der Waals surface area contributed by atoms with E-state index in [1.807, 2.05) is 12.1 Å². The Hall–Kier alpha value is -2.81. The molecule has 186 valence electrons. The lowest BCUT2D eigenvalue weighted by Gasteiger charge is -2.44. The van der Waals surface area contributed by atoms with Crippen LogP contribution < -0.4 is 5.32 Å². The molecule has 3 aliphatic rings. The van der Waals surface area contributed by atoms with Gasteiger partial charge in [0.2, 0.25) is 5.91 Å². The predicted molar refractivity (Wildman–Crippen MR) is 126 cm³/mol. The monoisotopic (exact) mass is 482 g/mol. The lowest BCUT2D eigenvalue weighted by molar-refractivity contribution is -0.151. The number of amides is 2. The van der Waals surface area contributed by atoms with E-state index >= 15 is 0 Å². The number of nitrogens with one attached hydrogen (secondary N) is 1. The van der Waals surface area contributed by atoms with E-state index in [2.05, 4.69) is 17.4 Å². The molecule has 7 nitrogen and oxygen atoms in total. The lowest BCUT2D eigenvalue weighted by Crippen LogP contribution is -2.57. The van der Waals surface area contributed by atoms with Crippen molar-refractivity contribution in [3.63, 3.8) is 0 Å². The molecule has 0 aromatic heterocycles. The first kappa shape index (κ1) is 23.9. The molecule has 2 fully saturated rings. The summed E-state index contributed by atoms with van der Waals surface area (Å²) in [7, 11) is 0. The second-order valence-electron chi connectivity index (χ2n) is 9.74. The van der Waals surface area contributed by atoms with Gasteiger partial charge in [0.05, 0.1) is 37.9 Å². The van der Waals surface area contributed by atoms with E-state index < -0.39 is 18.0 Å². The number of halogens is 1. The number of hydrogen-bond acceptors (Lipinski definition) is 5. The van der Waals surface area contributed by atoms with Gasteiger partial charge in [-0.2, -0.15) is 0 Å². The molecule has 0 unspecified atom stereocenters. The first-order valence-electron chi connectivity index (χ1n) is 12.3. The first-order chi connectivity index (χ1) is 17.0. The molecule has 2 aliphatic heterocycles. The number of carbonyl (C=O) groups is 2. The first-order valence-corrected chi connectivity index (χ1v) is 12.3. The Morgan fingerprint density at radius 3 is 2.46 bits per heavy atom. The standard InChI is InChI=1S/C27H31FN2O5/c28-20-7-5-17(6-8-20)27(33)30-14-22(31)15-34-16-25-24(30)10-9-23(35-25)13-26(32)29-21-11-18-3-1-2-4-19(18)12-21/h1-8,21-25,31H,9-16H2,(H,29,32)/t22-,23+,24-,25+/m0/s1. The summed E-state index contributed by atoms with van der Waals surface area (Å²) in [6, 6.07) is 13.5. The number of carbonyl (C=O) groups excluding carboxylic acids is 2. The van der Waals surface area contributed by atoms with Crippen LogP contribution in [-0.4, -0.2) is 72.0 Å². The van der Waals surface area contributed by atoms with Crippen molar-refractivity contribution in [3.05, 3.63) is 71.0 Å². The summed E-state index contributed by atoms with van der Waals surface area (Å²) in [5.74, 6) is -0.724. The Balaban J connectivity index is 1.21. The van der Waals surface area contributed by atoms with E-state index in [9.17, 15) is 19.1 Å². The molecule has 2 saturated heterocycles.